The molecule has 0 aromatic carbocycles. The van der Waals surface area contributed by atoms with E-state index in [1.165, 1.54) is 0 Å². The third kappa shape index (κ3) is 6.52. The summed E-state index contributed by atoms with van der Waals surface area (Å²) in [6.07, 6.45) is 0. The number of ether oxygens (including phenoxy) is 1. The minimum absolute atomic E-state index is 0.120. The van der Waals surface area contributed by atoms with Gasteiger partial charge >= 0.3 is 5.97 Å². The van der Waals surface area contributed by atoms with Gasteiger partial charge in [0.15, 0.2) is 6.04 Å². The average molecular weight is 281 g/mol. The molecule has 0 radical (unpaired) electrons. The molecule has 0 aromatic rings. The number of carbonyl (C=O) groups excluding carboxylic acids is 2. The Bertz CT molecular complexity index is 382. The molecule has 0 rings (SSSR count). The average Bonchev–Trinajstić information content (AvgIpc) is 2.27. The van der Waals surface area contributed by atoms with E-state index in [4.69, 9.17) is 5.73 Å². The Morgan fingerprint density at radius 3 is 2.44 bits per heavy atom. The molecule has 0 aromatic heterocycles. The minimum Gasteiger partial charge on any atom is -0.464 e. The molecule has 0 spiro atoms. The van der Waals surface area contributed by atoms with E-state index in [0.717, 1.165) is 0 Å². The van der Waals surface area contributed by atoms with E-state index in [0.29, 0.717) is 0 Å². The molecular weight excluding hydrogens is 262 g/mol. The van der Waals surface area contributed by atoms with Gasteiger partial charge in [0.05, 0.1) is 12.4 Å². The number of nitrogens with one attached hydrogen (secondary N) is 2. The van der Waals surface area contributed by atoms with Gasteiger partial charge in [0, 0.05) is 13.1 Å². The maximum atomic E-state index is 11.4. The summed E-state index contributed by atoms with van der Waals surface area (Å²) in [4.78, 5) is 22.5. The molecule has 18 heavy (non-hydrogen) atoms. The van der Waals surface area contributed by atoms with Crippen molar-refractivity contribution in [1.29, 1.82) is 0 Å². The van der Waals surface area contributed by atoms with Crippen molar-refractivity contribution in [2.75, 3.05) is 25.4 Å². The van der Waals surface area contributed by atoms with Crippen LogP contribution in [0.25, 0.3) is 0 Å². The lowest BCUT2D eigenvalue weighted by atomic mass is 10.3. The second-order valence-electron chi connectivity index (χ2n) is 3.34. The van der Waals surface area contributed by atoms with Crippen molar-refractivity contribution in [2.24, 2.45) is 5.73 Å². The Morgan fingerprint density at radius 2 is 1.94 bits per heavy atom. The molecule has 0 heterocycles. The Morgan fingerprint density at radius 1 is 1.33 bits per heavy atom. The van der Waals surface area contributed by atoms with E-state index in [1.807, 2.05) is 0 Å². The predicted octanol–water partition coefficient (Wildman–Crippen LogP) is -2.07. The summed E-state index contributed by atoms with van der Waals surface area (Å²) in [7, 11) is -3.41. The monoisotopic (exact) mass is 281 g/mol. The van der Waals surface area contributed by atoms with E-state index in [9.17, 15) is 18.0 Å². The number of nitrogens with two attached hydrogens (primary N) is 1. The van der Waals surface area contributed by atoms with Crippen LogP contribution in [0.3, 0.4) is 0 Å². The van der Waals surface area contributed by atoms with Crippen molar-refractivity contribution >= 4 is 21.9 Å². The first kappa shape index (κ1) is 16.8. The van der Waals surface area contributed by atoms with Crippen LogP contribution in [0, 0.1) is 0 Å². The SMILES string of the molecule is CCNS(=O)(=O)CCNC(=O)C(N)C(=O)OCC. The van der Waals surface area contributed by atoms with Gasteiger partial charge in [-0.15, -0.1) is 0 Å². The Balaban J connectivity index is 4.08. The molecule has 0 aliphatic heterocycles. The fourth-order valence-corrected chi connectivity index (χ4v) is 2.00. The number of esters is 1. The summed E-state index contributed by atoms with van der Waals surface area (Å²) in [5.41, 5.74) is 5.30. The second kappa shape index (κ2) is 8.01. The van der Waals surface area contributed by atoms with Crippen LogP contribution in [0.5, 0.6) is 0 Å². The van der Waals surface area contributed by atoms with Crippen LogP contribution in [0.1, 0.15) is 13.8 Å². The van der Waals surface area contributed by atoms with Crippen molar-refractivity contribution in [3.63, 3.8) is 0 Å². The third-order valence-electron chi connectivity index (χ3n) is 1.86. The minimum atomic E-state index is -3.41. The lowest BCUT2D eigenvalue weighted by Crippen LogP contribution is -2.48. The normalized spacial score (nSPS) is 12.8. The zero-order valence-corrected chi connectivity index (χ0v) is 11.2. The highest BCUT2D eigenvalue weighted by molar-refractivity contribution is 7.89. The van der Waals surface area contributed by atoms with Crippen molar-refractivity contribution in [3.8, 4) is 0 Å². The maximum absolute atomic E-state index is 11.4. The van der Waals surface area contributed by atoms with Gasteiger partial charge < -0.3 is 15.8 Å². The van der Waals surface area contributed by atoms with E-state index in [-0.39, 0.29) is 25.4 Å². The maximum Gasteiger partial charge on any atom is 0.332 e. The molecule has 0 aliphatic carbocycles. The van der Waals surface area contributed by atoms with Crippen molar-refractivity contribution in [1.82, 2.24) is 10.0 Å². The molecule has 0 bridgehead atoms. The van der Waals surface area contributed by atoms with Crippen LogP contribution in [-0.4, -0.2) is 51.8 Å². The van der Waals surface area contributed by atoms with Crippen LogP contribution in [0.2, 0.25) is 0 Å². The molecule has 1 amide bonds. The lowest BCUT2D eigenvalue weighted by molar-refractivity contribution is -0.147. The van der Waals surface area contributed by atoms with Gasteiger partial charge in [0.2, 0.25) is 15.9 Å². The molecule has 4 N–H and O–H groups in total. The van der Waals surface area contributed by atoms with Gasteiger partial charge in [0.1, 0.15) is 0 Å². The van der Waals surface area contributed by atoms with Gasteiger partial charge in [-0.2, -0.15) is 0 Å². The Hall–Kier alpha value is -1.19. The molecule has 1 atom stereocenters. The zero-order valence-electron chi connectivity index (χ0n) is 10.4. The van der Waals surface area contributed by atoms with Gasteiger partial charge in [-0.25, -0.2) is 17.9 Å². The number of rotatable bonds is 8. The topological polar surface area (TPSA) is 128 Å². The van der Waals surface area contributed by atoms with Crippen LogP contribution in [0.15, 0.2) is 0 Å². The summed E-state index contributed by atoms with van der Waals surface area (Å²) >= 11 is 0. The first-order valence-electron chi connectivity index (χ1n) is 5.51. The number of hydrogen-bond acceptors (Lipinski definition) is 6. The van der Waals surface area contributed by atoms with Crippen LogP contribution in [-0.2, 0) is 24.3 Å². The number of hydrogen-bond donors (Lipinski definition) is 3. The van der Waals surface area contributed by atoms with Crippen LogP contribution < -0.4 is 15.8 Å². The largest absolute Gasteiger partial charge is 0.464 e. The van der Waals surface area contributed by atoms with E-state index < -0.39 is 27.9 Å². The number of carbonyl (C=O) groups is 2. The van der Waals surface area contributed by atoms with Crippen molar-refractivity contribution in [3.05, 3.63) is 0 Å². The lowest BCUT2D eigenvalue weighted by Gasteiger charge is -2.11. The standard InChI is InChI=1S/C9H19N3O5S/c1-3-12-18(15,16)6-5-11-8(13)7(10)9(14)17-4-2/h7,12H,3-6,10H2,1-2H3,(H,11,13). The molecule has 0 fully saturated rings. The zero-order chi connectivity index (χ0) is 14.2. The van der Waals surface area contributed by atoms with Crippen LogP contribution in [0.4, 0.5) is 0 Å². The van der Waals surface area contributed by atoms with Crippen molar-refractivity contribution in [2.45, 2.75) is 19.9 Å². The molecular formula is C9H19N3O5S. The van der Waals surface area contributed by atoms with E-state index in [2.05, 4.69) is 14.8 Å². The molecule has 106 valence electrons. The summed E-state index contributed by atoms with van der Waals surface area (Å²) < 4.78 is 29.3. The van der Waals surface area contributed by atoms with Gasteiger partial charge in [-0.3, -0.25) is 4.79 Å². The Kier molecular flexibility index (Phi) is 7.48. The number of sulfonamides is 1. The number of amides is 1. The molecule has 1 unspecified atom stereocenters. The fraction of sp³-hybridized carbons (Fsp3) is 0.778. The molecule has 8 nitrogen and oxygen atoms in total. The molecule has 0 aliphatic rings. The predicted molar refractivity (Wildman–Crippen MR) is 65.1 cm³/mol. The van der Waals surface area contributed by atoms with E-state index >= 15 is 0 Å². The summed E-state index contributed by atoms with van der Waals surface area (Å²) in [6, 6.07) is -1.44. The fourth-order valence-electron chi connectivity index (χ4n) is 1.05. The van der Waals surface area contributed by atoms with Gasteiger partial charge in [0.25, 0.3) is 0 Å². The third-order valence-corrected chi connectivity index (χ3v) is 3.33. The van der Waals surface area contributed by atoms with Crippen LogP contribution >= 0.6 is 0 Å². The molecule has 0 saturated heterocycles. The first-order chi connectivity index (χ1) is 8.34. The summed E-state index contributed by atoms with van der Waals surface area (Å²) in [6.45, 7) is 3.51. The highest BCUT2D eigenvalue weighted by atomic mass is 32.2. The van der Waals surface area contributed by atoms with E-state index in [1.54, 1.807) is 13.8 Å². The Labute approximate surface area is 106 Å². The van der Waals surface area contributed by atoms with Crippen molar-refractivity contribution < 1.29 is 22.7 Å². The smallest absolute Gasteiger partial charge is 0.332 e. The summed E-state index contributed by atoms with van der Waals surface area (Å²) in [5.74, 6) is -1.88. The highest BCUT2D eigenvalue weighted by Crippen LogP contribution is 1.87. The van der Waals surface area contributed by atoms with Gasteiger partial charge in [-0.1, -0.05) is 6.92 Å². The highest BCUT2D eigenvalue weighted by Gasteiger charge is 2.23. The summed E-state index contributed by atoms with van der Waals surface area (Å²) in [5, 5.41) is 2.25. The second-order valence-corrected chi connectivity index (χ2v) is 5.26. The van der Waals surface area contributed by atoms with Gasteiger partial charge in [-0.05, 0) is 6.92 Å². The first-order valence-corrected chi connectivity index (χ1v) is 7.16. The molecule has 0 saturated carbocycles. The quantitative estimate of drug-likeness (QED) is 0.346. The molecule has 9 heteroatoms.